The van der Waals surface area contributed by atoms with Gasteiger partial charge in [0.25, 0.3) is 15.9 Å². The first-order chi connectivity index (χ1) is 13.0. The van der Waals surface area contributed by atoms with E-state index in [0.717, 1.165) is 11.3 Å². The van der Waals surface area contributed by atoms with Crippen LogP contribution in [0.1, 0.15) is 10.4 Å². The molecule has 9 heteroatoms. The Hall–Kier alpha value is -3.04. The minimum absolute atomic E-state index is 0.139. The van der Waals surface area contributed by atoms with Crippen molar-refractivity contribution in [1.29, 1.82) is 0 Å². The quantitative estimate of drug-likeness (QED) is 0.681. The molecule has 27 heavy (non-hydrogen) atoms. The van der Waals surface area contributed by atoms with Gasteiger partial charge in [-0.2, -0.15) is 0 Å². The summed E-state index contributed by atoms with van der Waals surface area (Å²) in [6.45, 7) is 0.139. The van der Waals surface area contributed by atoms with E-state index in [1.165, 1.54) is 6.07 Å². The molecule has 2 N–H and O–H groups in total. The molecule has 1 aliphatic rings. The zero-order valence-corrected chi connectivity index (χ0v) is 15.5. The Balaban J connectivity index is 1.58. The number of carbonyl (C=O) groups excluding carboxylic acids is 1. The molecular formula is C18H14N2O5S2. The molecule has 1 aliphatic heterocycles. The molecule has 0 fully saturated rings. The van der Waals surface area contributed by atoms with E-state index in [1.54, 1.807) is 53.9 Å². The van der Waals surface area contributed by atoms with Gasteiger partial charge in [-0.3, -0.25) is 9.52 Å². The fourth-order valence-corrected chi connectivity index (χ4v) is 4.63. The van der Waals surface area contributed by atoms with Gasteiger partial charge in [0.1, 0.15) is 4.21 Å². The van der Waals surface area contributed by atoms with E-state index < -0.39 is 15.9 Å². The Morgan fingerprint density at radius 2 is 1.81 bits per heavy atom. The average Bonchev–Trinajstić information content (AvgIpc) is 3.33. The van der Waals surface area contributed by atoms with Gasteiger partial charge in [-0.1, -0.05) is 18.2 Å². The maximum atomic E-state index is 12.7. The van der Waals surface area contributed by atoms with E-state index in [2.05, 4.69) is 10.0 Å². The van der Waals surface area contributed by atoms with Gasteiger partial charge in [0.05, 0.1) is 11.3 Å². The highest BCUT2D eigenvalue weighted by Gasteiger charge is 2.20. The van der Waals surface area contributed by atoms with Crippen LogP contribution in [0.15, 0.2) is 64.2 Å². The number of ether oxygens (including phenoxy) is 2. The predicted octanol–water partition coefficient (Wildman–Crippen LogP) is 3.53. The van der Waals surface area contributed by atoms with E-state index in [0.29, 0.717) is 17.2 Å². The zero-order chi connectivity index (χ0) is 18.9. The summed E-state index contributed by atoms with van der Waals surface area (Å²) in [6, 6.07) is 14.6. The first-order valence-electron chi connectivity index (χ1n) is 7.89. The second-order valence-electron chi connectivity index (χ2n) is 5.61. The standard InChI is InChI=1S/C18H14N2O5S2/c21-18(19-12-7-8-15-16(10-12)25-11-24-15)13-4-1-2-5-14(13)20-27(22,23)17-6-3-9-26-17/h1-10,20H,11H2,(H,19,21). The van der Waals surface area contributed by atoms with Crippen LogP contribution in [-0.4, -0.2) is 21.1 Å². The van der Waals surface area contributed by atoms with Gasteiger partial charge in [-0.05, 0) is 35.7 Å². The highest BCUT2D eigenvalue weighted by molar-refractivity contribution is 7.94. The maximum Gasteiger partial charge on any atom is 0.271 e. The lowest BCUT2D eigenvalue weighted by molar-refractivity contribution is 0.102. The number of hydrogen-bond acceptors (Lipinski definition) is 6. The van der Waals surface area contributed by atoms with Crippen molar-refractivity contribution in [1.82, 2.24) is 0 Å². The summed E-state index contributed by atoms with van der Waals surface area (Å²) in [5, 5.41) is 4.42. The number of anilines is 2. The molecule has 0 aliphatic carbocycles. The van der Waals surface area contributed by atoms with Crippen molar-refractivity contribution in [3.63, 3.8) is 0 Å². The first kappa shape index (κ1) is 17.4. The summed E-state index contributed by atoms with van der Waals surface area (Å²) in [4.78, 5) is 12.7. The van der Waals surface area contributed by atoms with Crippen molar-refractivity contribution < 1.29 is 22.7 Å². The topological polar surface area (TPSA) is 93.7 Å². The van der Waals surface area contributed by atoms with Crippen LogP contribution >= 0.6 is 11.3 Å². The molecule has 2 heterocycles. The van der Waals surface area contributed by atoms with Crippen molar-refractivity contribution in [3.8, 4) is 11.5 Å². The molecule has 138 valence electrons. The summed E-state index contributed by atoms with van der Waals surface area (Å²) in [5.74, 6) is 0.704. The molecule has 3 aromatic rings. The van der Waals surface area contributed by atoms with Crippen LogP contribution in [0.4, 0.5) is 11.4 Å². The number of fused-ring (bicyclic) bond motifs is 1. The number of benzene rings is 2. The lowest BCUT2D eigenvalue weighted by atomic mass is 10.1. The Kier molecular flexibility index (Phi) is 4.46. The van der Waals surface area contributed by atoms with Gasteiger partial charge in [-0.15, -0.1) is 11.3 Å². The smallest absolute Gasteiger partial charge is 0.271 e. The molecule has 0 spiro atoms. The second-order valence-corrected chi connectivity index (χ2v) is 8.46. The summed E-state index contributed by atoms with van der Waals surface area (Å²) < 4.78 is 38.1. The molecule has 2 aromatic carbocycles. The van der Waals surface area contributed by atoms with E-state index in [1.807, 2.05) is 0 Å². The summed E-state index contributed by atoms with van der Waals surface area (Å²) in [7, 11) is -3.75. The molecule has 0 saturated carbocycles. The van der Waals surface area contributed by atoms with Gasteiger partial charge in [-0.25, -0.2) is 8.42 Å². The number of amides is 1. The zero-order valence-electron chi connectivity index (χ0n) is 13.8. The normalized spacial score (nSPS) is 12.6. The molecule has 0 unspecified atom stereocenters. The van der Waals surface area contributed by atoms with Gasteiger partial charge in [0.2, 0.25) is 6.79 Å². The maximum absolute atomic E-state index is 12.7. The van der Waals surface area contributed by atoms with E-state index in [4.69, 9.17) is 9.47 Å². The van der Waals surface area contributed by atoms with Crippen molar-refractivity contribution in [3.05, 3.63) is 65.5 Å². The Bertz CT molecular complexity index is 1090. The van der Waals surface area contributed by atoms with Crippen LogP contribution in [0.25, 0.3) is 0 Å². The van der Waals surface area contributed by atoms with Gasteiger partial charge < -0.3 is 14.8 Å². The van der Waals surface area contributed by atoms with Gasteiger partial charge in [0, 0.05) is 11.8 Å². The molecular weight excluding hydrogens is 388 g/mol. The third-order valence-corrected chi connectivity index (χ3v) is 6.57. The highest BCUT2D eigenvalue weighted by Crippen LogP contribution is 2.34. The van der Waals surface area contributed by atoms with E-state index in [9.17, 15) is 13.2 Å². The molecule has 0 atom stereocenters. The average molecular weight is 402 g/mol. The van der Waals surface area contributed by atoms with Crippen molar-refractivity contribution in [2.24, 2.45) is 0 Å². The van der Waals surface area contributed by atoms with Gasteiger partial charge >= 0.3 is 0 Å². The minimum Gasteiger partial charge on any atom is -0.454 e. The number of carbonyl (C=O) groups is 1. The van der Waals surface area contributed by atoms with Gasteiger partial charge in [0.15, 0.2) is 11.5 Å². The van der Waals surface area contributed by atoms with Crippen LogP contribution in [0.2, 0.25) is 0 Å². The van der Waals surface area contributed by atoms with Crippen molar-refractivity contribution >= 4 is 38.6 Å². The fraction of sp³-hybridized carbons (Fsp3) is 0.0556. The van der Waals surface area contributed by atoms with Crippen molar-refractivity contribution in [2.45, 2.75) is 4.21 Å². The Morgan fingerprint density at radius 1 is 1.00 bits per heavy atom. The van der Waals surface area contributed by atoms with Crippen LogP contribution in [0, 0.1) is 0 Å². The molecule has 0 radical (unpaired) electrons. The van der Waals surface area contributed by atoms with E-state index in [-0.39, 0.29) is 22.3 Å². The Morgan fingerprint density at radius 3 is 2.63 bits per heavy atom. The van der Waals surface area contributed by atoms with Crippen LogP contribution < -0.4 is 19.5 Å². The Labute approximate surface area is 159 Å². The highest BCUT2D eigenvalue weighted by atomic mass is 32.2. The summed E-state index contributed by atoms with van der Waals surface area (Å²) >= 11 is 1.10. The number of para-hydroxylation sites is 1. The third-order valence-electron chi connectivity index (χ3n) is 3.81. The number of sulfonamides is 1. The number of thiophene rings is 1. The van der Waals surface area contributed by atoms with Crippen LogP contribution in [-0.2, 0) is 10.0 Å². The molecule has 4 rings (SSSR count). The lowest BCUT2D eigenvalue weighted by Crippen LogP contribution is -2.18. The van der Waals surface area contributed by atoms with Crippen molar-refractivity contribution in [2.75, 3.05) is 16.8 Å². The number of hydrogen-bond donors (Lipinski definition) is 2. The first-order valence-corrected chi connectivity index (χ1v) is 10.3. The molecule has 1 aromatic heterocycles. The SMILES string of the molecule is O=C(Nc1ccc2c(c1)OCO2)c1ccccc1NS(=O)(=O)c1cccs1. The third kappa shape index (κ3) is 3.60. The predicted molar refractivity (Wildman–Crippen MR) is 102 cm³/mol. The molecule has 7 nitrogen and oxygen atoms in total. The second kappa shape index (κ2) is 6.93. The largest absolute Gasteiger partial charge is 0.454 e. The number of rotatable bonds is 5. The summed E-state index contributed by atoms with van der Waals surface area (Å²) in [6.07, 6.45) is 0. The number of nitrogens with one attached hydrogen (secondary N) is 2. The molecule has 0 bridgehead atoms. The lowest BCUT2D eigenvalue weighted by Gasteiger charge is -2.12. The minimum atomic E-state index is -3.75. The monoisotopic (exact) mass is 402 g/mol. The molecule has 1 amide bonds. The summed E-state index contributed by atoms with van der Waals surface area (Å²) in [5.41, 5.74) is 0.916. The van der Waals surface area contributed by atoms with E-state index >= 15 is 0 Å². The van der Waals surface area contributed by atoms with Crippen LogP contribution in [0.5, 0.6) is 11.5 Å². The van der Waals surface area contributed by atoms with Crippen LogP contribution in [0.3, 0.4) is 0 Å². The fourth-order valence-electron chi connectivity index (χ4n) is 2.55. The molecule has 0 saturated heterocycles.